The Bertz CT molecular complexity index is 1810. The zero-order valence-corrected chi connectivity index (χ0v) is 25.9. The number of piperazine rings is 1. The van der Waals surface area contributed by atoms with Gasteiger partial charge < -0.3 is 19.9 Å². The summed E-state index contributed by atoms with van der Waals surface area (Å²) in [7, 11) is -1.79. The fourth-order valence-corrected chi connectivity index (χ4v) is 9.60. The number of hydrogen-bond donors (Lipinski definition) is 1. The number of rotatable bonds is 6. The van der Waals surface area contributed by atoms with Crippen LogP contribution in [0.15, 0.2) is 29.3 Å². The van der Waals surface area contributed by atoms with Crippen molar-refractivity contribution in [3.8, 4) is 10.6 Å². The third kappa shape index (κ3) is 5.05. The van der Waals surface area contributed by atoms with E-state index in [4.69, 9.17) is 9.72 Å². The van der Waals surface area contributed by atoms with Crippen LogP contribution >= 0.6 is 11.3 Å². The Morgan fingerprint density at radius 1 is 1.07 bits per heavy atom. The summed E-state index contributed by atoms with van der Waals surface area (Å²) < 4.78 is 74.2. The highest BCUT2D eigenvalue weighted by Crippen LogP contribution is 2.46. The number of likely N-dealkylation sites (N-methyl/N-ethyl adjacent to an activating group) is 1. The second-order valence-corrected chi connectivity index (χ2v) is 15.5. The fourth-order valence-electron chi connectivity index (χ4n) is 6.69. The van der Waals surface area contributed by atoms with Gasteiger partial charge in [-0.05, 0) is 44.5 Å². The van der Waals surface area contributed by atoms with Crippen LogP contribution in [0.25, 0.3) is 10.6 Å². The van der Waals surface area contributed by atoms with Gasteiger partial charge in [0.05, 0.1) is 51.9 Å². The van der Waals surface area contributed by atoms with E-state index in [9.17, 15) is 26.4 Å². The van der Waals surface area contributed by atoms with Crippen molar-refractivity contribution >= 4 is 44.5 Å². The maximum atomic E-state index is 14.2. The Kier molecular flexibility index (Phi) is 6.68. The van der Waals surface area contributed by atoms with Gasteiger partial charge in [0.2, 0.25) is 5.95 Å². The Balaban J connectivity index is 1.15. The third-order valence-corrected chi connectivity index (χ3v) is 12.4. The summed E-state index contributed by atoms with van der Waals surface area (Å²) >= 11 is 0.703. The van der Waals surface area contributed by atoms with E-state index in [2.05, 4.69) is 32.1 Å². The molecule has 4 aliphatic heterocycles. The molecule has 1 amide bonds. The number of fused-ring (bicyclic) bond motifs is 3. The number of carbonyl (C=O) groups excluding carboxylic acids is 1. The average molecular weight is 662 g/mol. The number of ether oxygens (including phenoxy) is 1. The van der Waals surface area contributed by atoms with Crippen molar-refractivity contribution in [3.05, 3.63) is 40.5 Å². The number of alkyl halides is 3. The van der Waals surface area contributed by atoms with E-state index in [-0.39, 0.29) is 58.1 Å². The highest BCUT2D eigenvalue weighted by molar-refractivity contribution is 7.91. The van der Waals surface area contributed by atoms with Gasteiger partial charge in [-0.15, -0.1) is 11.3 Å². The molecule has 0 spiro atoms. The molecular formula is C29H30F3N7O4S2. The third-order valence-electron chi connectivity index (χ3n) is 9.41. The van der Waals surface area contributed by atoms with Crippen LogP contribution in [0.5, 0.6) is 0 Å². The molecule has 0 aromatic carbocycles. The molecule has 8 rings (SSSR count). The van der Waals surface area contributed by atoms with Crippen molar-refractivity contribution in [1.29, 1.82) is 0 Å². The van der Waals surface area contributed by atoms with E-state index in [0.29, 0.717) is 35.3 Å². The van der Waals surface area contributed by atoms with Gasteiger partial charge in [-0.3, -0.25) is 9.69 Å². The molecule has 1 N–H and O–H groups in total. The topological polar surface area (TPSA) is 121 Å². The predicted molar refractivity (Wildman–Crippen MR) is 160 cm³/mol. The van der Waals surface area contributed by atoms with Crippen LogP contribution in [0.2, 0.25) is 0 Å². The van der Waals surface area contributed by atoms with Gasteiger partial charge in [0, 0.05) is 43.8 Å². The lowest BCUT2D eigenvalue weighted by Gasteiger charge is -2.36. The molecule has 3 aromatic heterocycles. The number of carbonyl (C=O) groups is 1. The van der Waals surface area contributed by atoms with Crippen LogP contribution in [-0.2, 0) is 20.8 Å². The lowest BCUT2D eigenvalue weighted by molar-refractivity contribution is -0.137. The summed E-state index contributed by atoms with van der Waals surface area (Å²) in [4.78, 5) is 32.4. The maximum absolute atomic E-state index is 14.2. The highest BCUT2D eigenvalue weighted by atomic mass is 32.2. The van der Waals surface area contributed by atoms with Gasteiger partial charge in [0.1, 0.15) is 16.3 Å². The van der Waals surface area contributed by atoms with Crippen molar-refractivity contribution in [2.24, 2.45) is 0 Å². The number of aromatic nitrogens is 3. The van der Waals surface area contributed by atoms with Crippen molar-refractivity contribution < 1.29 is 31.1 Å². The average Bonchev–Trinajstić information content (AvgIpc) is 3.43. The number of likely N-dealkylation sites (tertiary alicyclic amines) is 1. The molecule has 3 aromatic rings. The molecule has 1 aliphatic carbocycles. The highest BCUT2D eigenvalue weighted by Gasteiger charge is 2.43. The van der Waals surface area contributed by atoms with Crippen LogP contribution < -0.4 is 10.2 Å². The molecule has 7 heterocycles. The lowest BCUT2D eigenvalue weighted by atomic mass is 10.2. The molecule has 0 unspecified atom stereocenters. The predicted octanol–water partition coefficient (Wildman–Crippen LogP) is 3.76. The van der Waals surface area contributed by atoms with E-state index in [0.717, 1.165) is 49.9 Å². The van der Waals surface area contributed by atoms with Crippen molar-refractivity contribution in [3.63, 3.8) is 0 Å². The second kappa shape index (κ2) is 10.3. The molecule has 1 saturated carbocycles. The molecule has 4 fully saturated rings. The van der Waals surface area contributed by atoms with Crippen molar-refractivity contribution in [2.45, 2.75) is 54.4 Å². The van der Waals surface area contributed by atoms with Crippen molar-refractivity contribution in [1.82, 2.24) is 24.8 Å². The van der Waals surface area contributed by atoms with Crippen LogP contribution in [0.1, 0.15) is 46.1 Å². The van der Waals surface area contributed by atoms with Gasteiger partial charge in [0.15, 0.2) is 9.84 Å². The monoisotopic (exact) mass is 661 g/mol. The summed E-state index contributed by atoms with van der Waals surface area (Å²) in [6.45, 7) is 2.46. The zero-order valence-electron chi connectivity index (χ0n) is 24.2. The molecule has 5 aliphatic rings. The molecular weight excluding hydrogens is 631 g/mol. The number of nitrogens with zero attached hydrogens (tertiary/aromatic N) is 6. The van der Waals surface area contributed by atoms with Gasteiger partial charge in [-0.25, -0.2) is 23.4 Å². The first-order chi connectivity index (χ1) is 21.5. The number of hydrogen-bond acceptors (Lipinski definition) is 11. The second-order valence-electron chi connectivity index (χ2n) is 12.4. The Labute approximate surface area is 261 Å². The summed E-state index contributed by atoms with van der Waals surface area (Å²) in [5, 5.41) is 3.09. The first-order valence-electron chi connectivity index (χ1n) is 14.9. The minimum absolute atomic E-state index is 0.00645. The Hall–Kier alpha value is -3.34. The minimum Gasteiger partial charge on any atom is -0.377 e. The Morgan fingerprint density at radius 2 is 1.87 bits per heavy atom. The lowest BCUT2D eigenvalue weighted by Crippen LogP contribution is -2.52. The van der Waals surface area contributed by atoms with E-state index < -0.39 is 33.2 Å². The van der Waals surface area contributed by atoms with E-state index in [1.165, 1.54) is 4.90 Å². The number of amides is 1. The molecule has 16 heteroatoms. The molecule has 11 nitrogen and oxygen atoms in total. The molecule has 0 radical (unpaired) electrons. The number of pyridine rings is 1. The van der Waals surface area contributed by atoms with Gasteiger partial charge >= 0.3 is 6.18 Å². The van der Waals surface area contributed by atoms with Gasteiger partial charge in [-0.2, -0.15) is 13.2 Å². The van der Waals surface area contributed by atoms with E-state index >= 15 is 0 Å². The number of anilines is 3. The zero-order chi connectivity index (χ0) is 31.2. The quantitative estimate of drug-likeness (QED) is 0.418. The van der Waals surface area contributed by atoms with Crippen molar-refractivity contribution in [2.75, 3.05) is 55.9 Å². The minimum atomic E-state index is -4.82. The normalized spacial score (nSPS) is 24.9. The van der Waals surface area contributed by atoms with Crippen LogP contribution in [-0.4, -0.2) is 103 Å². The largest absolute Gasteiger partial charge is 0.420 e. The molecule has 3 saturated heterocycles. The first-order valence-corrected chi connectivity index (χ1v) is 17.4. The standard InChI is InChI=1S/C29H30F3N7O4S2/c1-37-11-17-8-16(37)12-39(17)23-5-4-20(24(35-23)15-2-3-15)34-28-33-10-19(29(30,31)32)25(36-28)21-9-22-26(44-21)27(40)38(18-13-43-14-18)6-7-45(22,41)42/h4-5,9-10,15-18H,2-3,6-8,11-14H2,1H3,(H,33,34,36)/t16-,17-/m1/s1. The number of sulfone groups is 1. The molecule has 2 atom stereocenters. The van der Waals surface area contributed by atoms with E-state index in [1.54, 1.807) is 0 Å². The summed E-state index contributed by atoms with van der Waals surface area (Å²) in [5.74, 6) is 0.184. The first kappa shape index (κ1) is 29.1. The number of thiophene rings is 1. The summed E-state index contributed by atoms with van der Waals surface area (Å²) in [5.41, 5.74) is -0.169. The number of halogens is 3. The Morgan fingerprint density at radius 3 is 2.51 bits per heavy atom. The smallest absolute Gasteiger partial charge is 0.377 e. The van der Waals surface area contributed by atoms with Crippen LogP contribution in [0.4, 0.5) is 30.6 Å². The number of nitrogens with one attached hydrogen (secondary N) is 1. The summed E-state index contributed by atoms with van der Waals surface area (Å²) in [6, 6.07) is 5.58. The van der Waals surface area contributed by atoms with Gasteiger partial charge in [-0.1, -0.05) is 0 Å². The molecule has 2 bridgehead atoms. The van der Waals surface area contributed by atoms with E-state index in [1.807, 2.05) is 12.1 Å². The fraction of sp³-hybridized carbons (Fsp3) is 0.517. The van der Waals surface area contributed by atoms with Crippen LogP contribution in [0, 0.1) is 0 Å². The summed E-state index contributed by atoms with van der Waals surface area (Å²) in [6.07, 6.45) is -1.09. The SMILES string of the molecule is CN1C[C@H]2C[C@@H]1CN2c1ccc(Nc2ncc(C(F)(F)F)c(-c3cc4c(s3)C(=O)N(C3COC3)CCS4(=O)=O)n2)c(C2CC2)n1. The van der Waals surface area contributed by atoms with Gasteiger partial charge in [0.25, 0.3) is 5.91 Å². The maximum Gasteiger partial charge on any atom is 0.420 e. The molecule has 238 valence electrons. The molecule has 45 heavy (non-hydrogen) atoms. The van der Waals surface area contributed by atoms with Crippen LogP contribution in [0.3, 0.4) is 0 Å².